The second kappa shape index (κ2) is 9.10. The monoisotopic (exact) mass is 376 g/mol. The lowest BCUT2D eigenvalue weighted by atomic mass is 10.1. The van der Waals surface area contributed by atoms with E-state index in [0.29, 0.717) is 35.4 Å². The maximum Gasteiger partial charge on any atom is 0.275 e. The molecule has 0 aliphatic carbocycles. The van der Waals surface area contributed by atoms with Crippen LogP contribution in [0.3, 0.4) is 0 Å². The van der Waals surface area contributed by atoms with Crippen LogP contribution in [0.4, 0.5) is 0 Å². The Labute approximate surface area is 157 Å². The van der Waals surface area contributed by atoms with Crippen molar-refractivity contribution in [2.75, 3.05) is 13.2 Å². The molecule has 2 aromatic rings. The molecule has 0 heterocycles. The Morgan fingerprint density at radius 2 is 1.81 bits per heavy atom. The average Bonchev–Trinajstić information content (AvgIpc) is 2.63. The molecule has 1 amide bonds. The molecule has 0 aromatic heterocycles. The van der Waals surface area contributed by atoms with Gasteiger partial charge in [0.15, 0.2) is 11.5 Å². The number of benzene rings is 2. The summed E-state index contributed by atoms with van der Waals surface area (Å²) in [6.45, 7) is 6.58. The van der Waals surface area contributed by atoms with E-state index in [4.69, 9.17) is 21.1 Å². The molecule has 0 radical (unpaired) electrons. The van der Waals surface area contributed by atoms with E-state index in [9.17, 15) is 9.90 Å². The van der Waals surface area contributed by atoms with Gasteiger partial charge in [0.05, 0.1) is 24.5 Å². The van der Waals surface area contributed by atoms with Crippen molar-refractivity contribution in [2.24, 2.45) is 5.10 Å². The SMILES string of the molecule is CCOc1ccc(/C(C)=N\NC(=O)c2cc(Cl)ccc2O)cc1OCC. The Morgan fingerprint density at radius 1 is 1.12 bits per heavy atom. The summed E-state index contributed by atoms with van der Waals surface area (Å²) < 4.78 is 11.1. The van der Waals surface area contributed by atoms with Gasteiger partial charge in [-0.25, -0.2) is 5.43 Å². The van der Waals surface area contributed by atoms with Crippen molar-refractivity contribution in [2.45, 2.75) is 20.8 Å². The second-order valence-electron chi connectivity index (χ2n) is 5.33. The summed E-state index contributed by atoms with van der Waals surface area (Å²) in [5.74, 6) is 0.541. The number of phenolic OH excluding ortho intramolecular Hbond substituents is 1. The highest BCUT2D eigenvalue weighted by molar-refractivity contribution is 6.31. The fourth-order valence-corrected chi connectivity index (χ4v) is 2.40. The highest BCUT2D eigenvalue weighted by Crippen LogP contribution is 2.28. The van der Waals surface area contributed by atoms with Gasteiger partial charge < -0.3 is 14.6 Å². The zero-order valence-electron chi connectivity index (χ0n) is 14.9. The zero-order valence-corrected chi connectivity index (χ0v) is 15.6. The Kier molecular flexibility index (Phi) is 6.86. The number of nitrogens with zero attached hydrogens (tertiary/aromatic N) is 1. The van der Waals surface area contributed by atoms with E-state index in [1.165, 1.54) is 18.2 Å². The van der Waals surface area contributed by atoms with Crippen LogP contribution in [0.25, 0.3) is 0 Å². The van der Waals surface area contributed by atoms with E-state index in [0.717, 1.165) is 5.56 Å². The number of phenols is 1. The minimum Gasteiger partial charge on any atom is -0.507 e. The zero-order chi connectivity index (χ0) is 19.1. The van der Waals surface area contributed by atoms with Crippen LogP contribution in [-0.4, -0.2) is 29.9 Å². The van der Waals surface area contributed by atoms with Gasteiger partial charge >= 0.3 is 0 Å². The molecule has 0 spiro atoms. The molecule has 2 aromatic carbocycles. The van der Waals surface area contributed by atoms with Crippen LogP contribution in [0.1, 0.15) is 36.7 Å². The molecule has 6 nitrogen and oxygen atoms in total. The summed E-state index contributed by atoms with van der Waals surface area (Å²) in [6, 6.07) is 9.66. The first-order chi connectivity index (χ1) is 12.5. The Balaban J connectivity index is 2.19. The third kappa shape index (κ3) is 4.89. The van der Waals surface area contributed by atoms with Crippen LogP contribution in [0, 0.1) is 0 Å². The number of halogens is 1. The molecule has 0 aliphatic rings. The lowest BCUT2D eigenvalue weighted by molar-refractivity contribution is 0.0952. The van der Waals surface area contributed by atoms with Gasteiger partial charge in [0.25, 0.3) is 5.91 Å². The van der Waals surface area contributed by atoms with Gasteiger partial charge in [-0.15, -0.1) is 0 Å². The number of hydrazone groups is 1. The van der Waals surface area contributed by atoms with Crippen molar-refractivity contribution in [3.8, 4) is 17.2 Å². The van der Waals surface area contributed by atoms with Gasteiger partial charge in [-0.2, -0.15) is 5.10 Å². The Hall–Kier alpha value is -2.73. The van der Waals surface area contributed by atoms with Crippen LogP contribution in [-0.2, 0) is 0 Å². The third-order valence-corrected chi connectivity index (χ3v) is 3.72. The van der Waals surface area contributed by atoms with Crippen LogP contribution >= 0.6 is 11.6 Å². The molecular formula is C19H21ClN2O4. The number of nitrogens with one attached hydrogen (secondary N) is 1. The predicted octanol–water partition coefficient (Wildman–Crippen LogP) is 4.00. The van der Waals surface area contributed by atoms with Crippen LogP contribution in [0.5, 0.6) is 17.2 Å². The molecule has 2 rings (SSSR count). The Morgan fingerprint density at radius 3 is 2.50 bits per heavy atom. The lowest BCUT2D eigenvalue weighted by Crippen LogP contribution is -2.19. The maximum atomic E-state index is 12.2. The van der Waals surface area contributed by atoms with Crippen molar-refractivity contribution in [3.63, 3.8) is 0 Å². The van der Waals surface area contributed by atoms with Gasteiger partial charge in [-0.1, -0.05) is 11.6 Å². The number of hydrogen-bond acceptors (Lipinski definition) is 5. The number of carbonyl (C=O) groups is 1. The summed E-state index contributed by atoms with van der Waals surface area (Å²) in [7, 11) is 0. The first-order valence-electron chi connectivity index (χ1n) is 8.19. The van der Waals surface area contributed by atoms with Crippen molar-refractivity contribution in [3.05, 3.63) is 52.5 Å². The van der Waals surface area contributed by atoms with Gasteiger partial charge in [-0.3, -0.25) is 4.79 Å². The summed E-state index contributed by atoms with van der Waals surface area (Å²) in [6.07, 6.45) is 0. The lowest BCUT2D eigenvalue weighted by Gasteiger charge is -2.12. The van der Waals surface area contributed by atoms with Crippen molar-refractivity contribution < 1.29 is 19.4 Å². The number of rotatable bonds is 7. The molecule has 0 saturated heterocycles. The molecule has 7 heteroatoms. The molecule has 0 bridgehead atoms. The summed E-state index contributed by atoms with van der Waals surface area (Å²) in [4.78, 5) is 12.2. The topological polar surface area (TPSA) is 80.2 Å². The third-order valence-electron chi connectivity index (χ3n) is 3.49. The maximum absolute atomic E-state index is 12.2. The van der Waals surface area contributed by atoms with Gasteiger partial charge in [0, 0.05) is 10.6 Å². The van der Waals surface area contributed by atoms with Crippen LogP contribution in [0.15, 0.2) is 41.5 Å². The number of aromatic hydroxyl groups is 1. The molecular weight excluding hydrogens is 356 g/mol. The molecule has 0 fully saturated rings. The first-order valence-corrected chi connectivity index (χ1v) is 8.57. The van der Waals surface area contributed by atoms with E-state index in [-0.39, 0.29) is 11.3 Å². The van der Waals surface area contributed by atoms with Gasteiger partial charge in [-0.05, 0) is 57.2 Å². The first kappa shape index (κ1) is 19.6. The molecule has 26 heavy (non-hydrogen) atoms. The number of ether oxygens (including phenoxy) is 2. The quantitative estimate of drug-likeness (QED) is 0.565. The summed E-state index contributed by atoms with van der Waals surface area (Å²) in [5, 5.41) is 14.2. The van der Waals surface area contributed by atoms with Crippen molar-refractivity contribution >= 4 is 23.2 Å². The highest BCUT2D eigenvalue weighted by atomic mass is 35.5. The molecule has 0 saturated carbocycles. The van der Waals surface area contributed by atoms with Crippen molar-refractivity contribution in [1.29, 1.82) is 0 Å². The molecule has 138 valence electrons. The van der Waals surface area contributed by atoms with E-state index in [1.807, 2.05) is 19.9 Å². The molecule has 0 unspecified atom stereocenters. The molecule has 0 atom stereocenters. The largest absolute Gasteiger partial charge is 0.507 e. The summed E-state index contributed by atoms with van der Waals surface area (Å²) in [5.41, 5.74) is 3.81. The molecule has 2 N–H and O–H groups in total. The van der Waals surface area contributed by atoms with Crippen LogP contribution < -0.4 is 14.9 Å². The highest BCUT2D eigenvalue weighted by Gasteiger charge is 2.12. The molecule has 0 aliphatic heterocycles. The second-order valence-corrected chi connectivity index (χ2v) is 5.76. The van der Waals surface area contributed by atoms with E-state index in [2.05, 4.69) is 10.5 Å². The van der Waals surface area contributed by atoms with E-state index in [1.54, 1.807) is 19.1 Å². The minimum atomic E-state index is -0.555. The van der Waals surface area contributed by atoms with Gasteiger partial charge in [0.2, 0.25) is 0 Å². The van der Waals surface area contributed by atoms with Gasteiger partial charge in [0.1, 0.15) is 5.75 Å². The number of carbonyl (C=O) groups excluding carboxylic acids is 1. The Bertz CT molecular complexity index is 821. The normalized spacial score (nSPS) is 11.2. The average molecular weight is 377 g/mol. The smallest absolute Gasteiger partial charge is 0.275 e. The van der Waals surface area contributed by atoms with Crippen LogP contribution in [0.2, 0.25) is 5.02 Å². The van der Waals surface area contributed by atoms with E-state index < -0.39 is 5.91 Å². The number of amides is 1. The van der Waals surface area contributed by atoms with E-state index >= 15 is 0 Å². The summed E-state index contributed by atoms with van der Waals surface area (Å²) >= 11 is 5.85. The minimum absolute atomic E-state index is 0.0516. The number of hydrogen-bond donors (Lipinski definition) is 2. The standard InChI is InChI=1S/C19H21ClN2O4/c1-4-25-17-9-6-13(10-18(17)26-5-2)12(3)21-22-19(24)15-11-14(20)7-8-16(15)23/h6-11,23H,4-5H2,1-3H3,(H,22,24)/b21-12-. The van der Waals surface area contributed by atoms with Crippen molar-refractivity contribution in [1.82, 2.24) is 5.43 Å². The fourth-order valence-electron chi connectivity index (χ4n) is 2.23. The predicted molar refractivity (Wildman–Crippen MR) is 102 cm³/mol. The fraction of sp³-hybridized carbons (Fsp3) is 0.263.